The zero-order valence-electron chi connectivity index (χ0n) is 8.59. The molecule has 1 fully saturated rings. The molecule has 0 unspecified atom stereocenters. The van der Waals surface area contributed by atoms with Crippen LogP contribution in [0.3, 0.4) is 0 Å². The Balaban J connectivity index is 2.30. The molecule has 84 valence electrons. The lowest BCUT2D eigenvalue weighted by molar-refractivity contribution is -0.132. The summed E-state index contributed by atoms with van der Waals surface area (Å²) in [6, 6.07) is 0. The lowest BCUT2D eigenvalue weighted by Gasteiger charge is -2.34. The van der Waals surface area contributed by atoms with Crippen molar-refractivity contribution in [2.24, 2.45) is 5.92 Å². The number of carbonyl (C=O) groups is 2. The Bertz CT molecular complexity index is 281. The van der Waals surface area contributed by atoms with E-state index in [4.69, 9.17) is 10.2 Å². The number of aliphatic hydroxyl groups is 1. The Kier molecular flexibility index (Phi) is 3.85. The Morgan fingerprint density at radius 2 is 2.00 bits per heavy atom. The third-order valence-electron chi connectivity index (χ3n) is 2.49. The number of likely N-dealkylation sites (N-methyl/N-ethyl adjacent to an activating group) is 1. The van der Waals surface area contributed by atoms with E-state index < -0.39 is 5.97 Å². The van der Waals surface area contributed by atoms with Crippen LogP contribution in [0, 0.1) is 5.92 Å². The number of amides is 1. The second-order valence-electron chi connectivity index (χ2n) is 3.88. The molecule has 1 rings (SSSR count). The number of rotatable bonds is 4. The molecule has 15 heavy (non-hydrogen) atoms. The van der Waals surface area contributed by atoms with Crippen LogP contribution < -0.4 is 0 Å². The number of carboxylic acid groups (broad SMARTS) is 1. The number of aliphatic carboxylic acids is 1. The van der Waals surface area contributed by atoms with E-state index in [9.17, 15) is 9.59 Å². The first-order chi connectivity index (χ1) is 6.99. The van der Waals surface area contributed by atoms with Crippen LogP contribution in [-0.4, -0.2) is 46.7 Å². The molecule has 0 aromatic heterocycles. The quantitative estimate of drug-likeness (QED) is 0.637. The van der Waals surface area contributed by atoms with Gasteiger partial charge in [0.05, 0.1) is 6.10 Å². The van der Waals surface area contributed by atoms with Gasteiger partial charge in [-0.1, -0.05) is 0 Å². The number of nitrogens with zero attached hydrogens (tertiary/aromatic N) is 1. The topological polar surface area (TPSA) is 77.8 Å². The molecule has 5 heteroatoms. The summed E-state index contributed by atoms with van der Waals surface area (Å²) in [5, 5.41) is 17.4. The van der Waals surface area contributed by atoms with Gasteiger partial charge in [-0.15, -0.1) is 0 Å². The number of carboxylic acids is 1. The summed E-state index contributed by atoms with van der Waals surface area (Å²) in [5.74, 6) is -1.11. The fourth-order valence-electron chi connectivity index (χ4n) is 1.60. The number of hydrogen-bond donors (Lipinski definition) is 2. The Labute approximate surface area is 88.0 Å². The van der Waals surface area contributed by atoms with Crippen molar-refractivity contribution in [3.8, 4) is 0 Å². The van der Waals surface area contributed by atoms with E-state index in [0.717, 1.165) is 25.0 Å². The molecule has 0 aliphatic heterocycles. The van der Waals surface area contributed by atoms with Gasteiger partial charge in [-0.2, -0.15) is 0 Å². The van der Waals surface area contributed by atoms with Crippen LogP contribution in [0.4, 0.5) is 0 Å². The highest BCUT2D eigenvalue weighted by molar-refractivity contribution is 5.93. The maximum Gasteiger partial charge on any atom is 0.328 e. The molecule has 0 aromatic rings. The van der Waals surface area contributed by atoms with Crippen LogP contribution in [-0.2, 0) is 9.59 Å². The second-order valence-corrected chi connectivity index (χ2v) is 3.88. The zero-order chi connectivity index (χ0) is 11.4. The van der Waals surface area contributed by atoms with Crippen LogP contribution in [0.15, 0.2) is 12.2 Å². The highest BCUT2D eigenvalue weighted by Gasteiger charge is 2.28. The first-order valence-electron chi connectivity index (χ1n) is 4.83. The molecule has 0 radical (unpaired) electrons. The molecule has 0 saturated heterocycles. The SMILES string of the molecule is CN(CC1CC(O)C1)C(=O)C=CC(=O)O. The van der Waals surface area contributed by atoms with Crippen molar-refractivity contribution < 1.29 is 19.8 Å². The zero-order valence-corrected chi connectivity index (χ0v) is 8.59. The third-order valence-corrected chi connectivity index (χ3v) is 2.49. The van der Waals surface area contributed by atoms with Gasteiger partial charge in [-0.25, -0.2) is 4.79 Å². The minimum Gasteiger partial charge on any atom is -0.478 e. The van der Waals surface area contributed by atoms with Gasteiger partial charge in [0.25, 0.3) is 0 Å². The van der Waals surface area contributed by atoms with E-state index in [0.29, 0.717) is 12.5 Å². The summed E-state index contributed by atoms with van der Waals surface area (Å²) in [6.45, 7) is 0.569. The Morgan fingerprint density at radius 1 is 1.40 bits per heavy atom. The lowest BCUT2D eigenvalue weighted by atomic mass is 9.82. The van der Waals surface area contributed by atoms with Crippen LogP contribution >= 0.6 is 0 Å². The molecule has 0 spiro atoms. The van der Waals surface area contributed by atoms with Crippen molar-refractivity contribution in [2.45, 2.75) is 18.9 Å². The van der Waals surface area contributed by atoms with Gasteiger partial charge < -0.3 is 15.1 Å². The predicted molar refractivity (Wildman–Crippen MR) is 53.1 cm³/mol. The van der Waals surface area contributed by atoms with E-state index in [-0.39, 0.29) is 12.0 Å². The van der Waals surface area contributed by atoms with Gasteiger partial charge in [0, 0.05) is 25.7 Å². The molecule has 0 atom stereocenters. The standard InChI is InChI=1S/C10H15NO4/c1-11(6-7-4-8(12)5-7)9(13)2-3-10(14)15/h2-3,7-8,12H,4-6H2,1H3,(H,14,15). The summed E-state index contributed by atoms with van der Waals surface area (Å²) >= 11 is 0. The fraction of sp³-hybridized carbons (Fsp3) is 0.600. The van der Waals surface area contributed by atoms with Gasteiger partial charge in [-0.05, 0) is 18.8 Å². The first kappa shape index (κ1) is 11.7. The maximum absolute atomic E-state index is 11.3. The number of hydrogen-bond acceptors (Lipinski definition) is 3. The smallest absolute Gasteiger partial charge is 0.328 e. The number of aliphatic hydroxyl groups excluding tert-OH is 1. The van der Waals surface area contributed by atoms with E-state index in [1.165, 1.54) is 4.90 Å². The van der Waals surface area contributed by atoms with Crippen LogP contribution in [0.5, 0.6) is 0 Å². The molecule has 0 aromatic carbocycles. The van der Waals surface area contributed by atoms with Crippen molar-refractivity contribution >= 4 is 11.9 Å². The molecule has 1 aliphatic rings. The highest BCUT2D eigenvalue weighted by Crippen LogP contribution is 2.27. The summed E-state index contributed by atoms with van der Waals surface area (Å²) in [4.78, 5) is 23.0. The van der Waals surface area contributed by atoms with E-state index in [1.54, 1.807) is 7.05 Å². The van der Waals surface area contributed by atoms with E-state index in [1.807, 2.05) is 0 Å². The molecular weight excluding hydrogens is 198 g/mol. The average molecular weight is 213 g/mol. The second kappa shape index (κ2) is 4.93. The fourth-order valence-corrected chi connectivity index (χ4v) is 1.60. The minimum absolute atomic E-state index is 0.229. The molecule has 1 aliphatic carbocycles. The first-order valence-corrected chi connectivity index (χ1v) is 4.83. The molecule has 5 nitrogen and oxygen atoms in total. The molecule has 2 N–H and O–H groups in total. The van der Waals surface area contributed by atoms with Crippen LogP contribution in [0.25, 0.3) is 0 Å². The van der Waals surface area contributed by atoms with Gasteiger partial charge in [0.15, 0.2) is 0 Å². The minimum atomic E-state index is -1.13. The summed E-state index contributed by atoms with van der Waals surface area (Å²) in [6.07, 6.45) is 3.08. The Hall–Kier alpha value is -1.36. The van der Waals surface area contributed by atoms with Crippen molar-refractivity contribution in [1.29, 1.82) is 0 Å². The maximum atomic E-state index is 11.3. The monoisotopic (exact) mass is 213 g/mol. The predicted octanol–water partition coefficient (Wildman–Crippen LogP) is -0.144. The summed E-state index contributed by atoms with van der Waals surface area (Å²) in [7, 11) is 1.62. The molecule has 1 saturated carbocycles. The van der Waals surface area contributed by atoms with E-state index >= 15 is 0 Å². The summed E-state index contributed by atoms with van der Waals surface area (Å²) < 4.78 is 0. The molecule has 0 bridgehead atoms. The molecule has 1 amide bonds. The summed E-state index contributed by atoms with van der Waals surface area (Å²) in [5.41, 5.74) is 0. The van der Waals surface area contributed by atoms with Crippen LogP contribution in [0.1, 0.15) is 12.8 Å². The average Bonchev–Trinajstić information content (AvgIpc) is 2.11. The van der Waals surface area contributed by atoms with Gasteiger partial charge in [-0.3, -0.25) is 4.79 Å². The number of carbonyl (C=O) groups excluding carboxylic acids is 1. The normalized spacial score (nSPS) is 24.9. The van der Waals surface area contributed by atoms with Crippen molar-refractivity contribution in [2.75, 3.05) is 13.6 Å². The van der Waals surface area contributed by atoms with Crippen molar-refractivity contribution in [1.82, 2.24) is 4.90 Å². The van der Waals surface area contributed by atoms with Gasteiger partial charge in [0.1, 0.15) is 0 Å². The van der Waals surface area contributed by atoms with Gasteiger partial charge in [0.2, 0.25) is 5.91 Å². The Morgan fingerprint density at radius 3 is 2.47 bits per heavy atom. The van der Waals surface area contributed by atoms with Crippen molar-refractivity contribution in [3.05, 3.63) is 12.2 Å². The van der Waals surface area contributed by atoms with E-state index in [2.05, 4.69) is 0 Å². The van der Waals surface area contributed by atoms with Crippen molar-refractivity contribution in [3.63, 3.8) is 0 Å². The van der Waals surface area contributed by atoms with Crippen LogP contribution in [0.2, 0.25) is 0 Å². The molecule has 0 heterocycles. The highest BCUT2D eigenvalue weighted by atomic mass is 16.4. The largest absolute Gasteiger partial charge is 0.478 e. The molecular formula is C10H15NO4. The van der Waals surface area contributed by atoms with Gasteiger partial charge >= 0.3 is 5.97 Å². The third kappa shape index (κ3) is 3.71. The lowest BCUT2D eigenvalue weighted by Crippen LogP contribution is -2.39.